The summed E-state index contributed by atoms with van der Waals surface area (Å²) in [5.74, 6) is -0.898. The molecule has 3 aromatic rings. The third kappa shape index (κ3) is 9.68. The van der Waals surface area contributed by atoms with Crippen molar-refractivity contribution in [3.8, 4) is 0 Å². The molecule has 0 radical (unpaired) electrons. The second-order valence-corrected chi connectivity index (χ2v) is 10.2. The van der Waals surface area contributed by atoms with Gasteiger partial charge in [-0.3, -0.25) is 15.1 Å². The Morgan fingerprint density at radius 2 is 1.65 bits per heavy atom. The van der Waals surface area contributed by atoms with E-state index in [0.717, 1.165) is 24.8 Å². The summed E-state index contributed by atoms with van der Waals surface area (Å²) in [4.78, 5) is 44.0. The largest absolute Gasteiger partial charge is 0.444 e. The number of urea groups is 1. The smallest absolute Gasteiger partial charge is 0.412 e. The number of carbonyl (C=O) groups is 3. The molecular formula is C30H36FN5O4. The fraction of sp³-hybridized carbons (Fsp3) is 0.333. The van der Waals surface area contributed by atoms with Crippen molar-refractivity contribution in [3.63, 3.8) is 0 Å². The standard InChI is InChI=1S/C30H36FN5O4/c1-5-6-9-17-36(28(38)33-23-12-10-11-22(31)18-23)20-21-15-16-26(32-19-21)27(37)34-24-13-7-8-14-25(24)35-29(39)40-30(2,3)4/h7-8,10-16,18-19H,5-6,9,17,20H2,1-4H3,(H,33,38)(H,34,37)(H,35,39). The second kappa shape index (κ2) is 14.1. The molecule has 0 aliphatic rings. The van der Waals surface area contributed by atoms with Gasteiger partial charge in [0.15, 0.2) is 0 Å². The van der Waals surface area contributed by atoms with Gasteiger partial charge < -0.3 is 20.3 Å². The molecule has 0 bridgehead atoms. The minimum Gasteiger partial charge on any atom is -0.444 e. The van der Waals surface area contributed by atoms with E-state index in [1.54, 1.807) is 74.3 Å². The lowest BCUT2D eigenvalue weighted by molar-refractivity contribution is 0.0635. The maximum Gasteiger partial charge on any atom is 0.412 e. The number of unbranched alkanes of at least 4 members (excludes halogenated alkanes) is 2. The minimum absolute atomic E-state index is 0.164. The van der Waals surface area contributed by atoms with Crippen molar-refractivity contribution in [3.05, 3.63) is 83.9 Å². The SMILES string of the molecule is CCCCCN(Cc1ccc(C(=O)Nc2ccccc2NC(=O)OC(C)(C)C)nc1)C(=O)Nc1cccc(F)c1. The number of rotatable bonds is 10. The number of anilines is 3. The van der Waals surface area contributed by atoms with Crippen molar-refractivity contribution in [2.45, 2.75) is 59.1 Å². The van der Waals surface area contributed by atoms with Gasteiger partial charge in [-0.15, -0.1) is 0 Å². The highest BCUT2D eigenvalue weighted by molar-refractivity contribution is 6.05. The van der Waals surface area contributed by atoms with E-state index in [2.05, 4.69) is 27.9 Å². The lowest BCUT2D eigenvalue weighted by atomic mass is 10.2. The summed E-state index contributed by atoms with van der Waals surface area (Å²) in [6.45, 7) is 8.14. The zero-order valence-electron chi connectivity index (χ0n) is 23.3. The number of para-hydroxylation sites is 2. The van der Waals surface area contributed by atoms with Gasteiger partial charge >= 0.3 is 12.1 Å². The third-order valence-electron chi connectivity index (χ3n) is 5.64. The fourth-order valence-corrected chi connectivity index (χ4v) is 3.75. The van der Waals surface area contributed by atoms with Crippen LogP contribution in [0.2, 0.25) is 0 Å². The van der Waals surface area contributed by atoms with Crippen LogP contribution in [0.25, 0.3) is 0 Å². The van der Waals surface area contributed by atoms with E-state index in [-0.39, 0.29) is 18.3 Å². The van der Waals surface area contributed by atoms with Crippen LogP contribution in [0.1, 0.15) is 63.0 Å². The zero-order chi connectivity index (χ0) is 29.1. The highest BCUT2D eigenvalue weighted by Crippen LogP contribution is 2.23. The molecule has 0 saturated heterocycles. The van der Waals surface area contributed by atoms with Gasteiger partial charge in [-0.25, -0.2) is 14.0 Å². The average molecular weight is 550 g/mol. The summed E-state index contributed by atoms with van der Waals surface area (Å²) < 4.78 is 18.9. The van der Waals surface area contributed by atoms with Crippen LogP contribution >= 0.6 is 0 Å². The molecule has 3 N–H and O–H groups in total. The fourth-order valence-electron chi connectivity index (χ4n) is 3.75. The van der Waals surface area contributed by atoms with Gasteiger partial charge in [-0.2, -0.15) is 0 Å². The first-order valence-electron chi connectivity index (χ1n) is 13.2. The van der Waals surface area contributed by atoms with Gasteiger partial charge in [0, 0.05) is 25.0 Å². The molecule has 0 fully saturated rings. The number of pyridine rings is 1. The summed E-state index contributed by atoms with van der Waals surface area (Å²) in [6, 6.07) is 15.5. The summed E-state index contributed by atoms with van der Waals surface area (Å²) in [6.07, 6.45) is 3.69. The molecule has 0 spiro atoms. The number of nitrogens with one attached hydrogen (secondary N) is 3. The van der Waals surface area contributed by atoms with E-state index in [4.69, 9.17) is 4.74 Å². The number of hydrogen-bond donors (Lipinski definition) is 3. The van der Waals surface area contributed by atoms with Crippen molar-refractivity contribution in [2.24, 2.45) is 0 Å². The summed E-state index contributed by atoms with van der Waals surface area (Å²) in [7, 11) is 0. The van der Waals surface area contributed by atoms with Crippen molar-refractivity contribution in [1.29, 1.82) is 0 Å². The predicted octanol–water partition coefficient (Wildman–Crippen LogP) is 7.04. The molecule has 3 rings (SSSR count). The molecule has 4 amide bonds. The number of carbonyl (C=O) groups excluding carboxylic acids is 3. The van der Waals surface area contributed by atoms with Crippen LogP contribution in [0.4, 0.5) is 31.0 Å². The molecule has 0 atom stereocenters. The van der Waals surface area contributed by atoms with Crippen molar-refractivity contribution >= 4 is 35.1 Å². The normalized spacial score (nSPS) is 10.9. The first-order chi connectivity index (χ1) is 19.0. The van der Waals surface area contributed by atoms with E-state index < -0.39 is 23.4 Å². The molecule has 0 aliphatic heterocycles. The number of aromatic nitrogens is 1. The maximum atomic E-state index is 13.6. The lowest BCUT2D eigenvalue weighted by Gasteiger charge is -2.23. The summed E-state index contributed by atoms with van der Waals surface area (Å²) in [5, 5.41) is 8.15. The molecule has 0 saturated carbocycles. The Bertz CT molecular complexity index is 1310. The number of halogens is 1. The summed E-state index contributed by atoms with van der Waals surface area (Å²) in [5.41, 5.74) is 1.37. The Kier molecular flexibility index (Phi) is 10.6. The molecule has 10 heteroatoms. The molecule has 2 aromatic carbocycles. The van der Waals surface area contributed by atoms with Crippen LogP contribution in [-0.2, 0) is 11.3 Å². The van der Waals surface area contributed by atoms with Crippen LogP contribution in [-0.4, -0.2) is 40.1 Å². The highest BCUT2D eigenvalue weighted by atomic mass is 19.1. The molecule has 1 aromatic heterocycles. The quantitative estimate of drug-likeness (QED) is 0.235. The Morgan fingerprint density at radius 1 is 0.925 bits per heavy atom. The Hall–Kier alpha value is -4.47. The van der Waals surface area contributed by atoms with E-state index >= 15 is 0 Å². The van der Waals surface area contributed by atoms with Gasteiger partial charge in [-0.05, 0) is 69.2 Å². The van der Waals surface area contributed by atoms with Crippen LogP contribution in [0, 0.1) is 5.82 Å². The Morgan fingerprint density at radius 3 is 2.27 bits per heavy atom. The number of amides is 4. The van der Waals surface area contributed by atoms with E-state index in [1.807, 2.05) is 0 Å². The molecule has 40 heavy (non-hydrogen) atoms. The number of nitrogens with zero attached hydrogens (tertiary/aromatic N) is 2. The zero-order valence-corrected chi connectivity index (χ0v) is 23.3. The molecule has 0 aliphatic carbocycles. The van der Waals surface area contributed by atoms with Crippen molar-refractivity contribution in [1.82, 2.24) is 9.88 Å². The van der Waals surface area contributed by atoms with E-state index in [9.17, 15) is 18.8 Å². The van der Waals surface area contributed by atoms with Gasteiger partial charge in [-0.1, -0.05) is 44.0 Å². The van der Waals surface area contributed by atoms with Gasteiger partial charge in [0.05, 0.1) is 11.4 Å². The Labute approximate surface area is 234 Å². The number of ether oxygens (including phenoxy) is 1. The van der Waals surface area contributed by atoms with Crippen LogP contribution < -0.4 is 16.0 Å². The Balaban J connectivity index is 1.66. The van der Waals surface area contributed by atoms with Gasteiger partial charge in [0.25, 0.3) is 5.91 Å². The average Bonchev–Trinajstić information content (AvgIpc) is 2.88. The number of hydrogen-bond acceptors (Lipinski definition) is 5. The van der Waals surface area contributed by atoms with Crippen molar-refractivity contribution in [2.75, 3.05) is 22.5 Å². The van der Waals surface area contributed by atoms with Crippen LogP contribution in [0.5, 0.6) is 0 Å². The molecule has 9 nitrogen and oxygen atoms in total. The lowest BCUT2D eigenvalue weighted by Crippen LogP contribution is -2.35. The topological polar surface area (TPSA) is 113 Å². The van der Waals surface area contributed by atoms with E-state index in [0.29, 0.717) is 23.6 Å². The monoisotopic (exact) mass is 549 g/mol. The first kappa shape index (κ1) is 30.1. The molecule has 0 unspecified atom stereocenters. The van der Waals surface area contributed by atoms with Gasteiger partial charge in [0.2, 0.25) is 0 Å². The third-order valence-corrected chi connectivity index (χ3v) is 5.64. The number of benzene rings is 2. The van der Waals surface area contributed by atoms with Crippen LogP contribution in [0.3, 0.4) is 0 Å². The highest BCUT2D eigenvalue weighted by Gasteiger charge is 2.19. The van der Waals surface area contributed by atoms with Crippen LogP contribution in [0.15, 0.2) is 66.9 Å². The maximum absolute atomic E-state index is 13.6. The second-order valence-electron chi connectivity index (χ2n) is 10.2. The predicted molar refractivity (Wildman–Crippen MR) is 154 cm³/mol. The molecular weight excluding hydrogens is 513 g/mol. The van der Waals surface area contributed by atoms with E-state index in [1.165, 1.54) is 18.2 Å². The molecule has 1 heterocycles. The van der Waals surface area contributed by atoms with Gasteiger partial charge in [0.1, 0.15) is 17.1 Å². The summed E-state index contributed by atoms with van der Waals surface area (Å²) >= 11 is 0. The first-order valence-corrected chi connectivity index (χ1v) is 13.2. The minimum atomic E-state index is -0.667. The molecule has 212 valence electrons. The van der Waals surface area contributed by atoms with Crippen molar-refractivity contribution < 1.29 is 23.5 Å².